The second-order valence-corrected chi connectivity index (χ2v) is 3.82. The number of ether oxygens (including phenoxy) is 1. The van der Waals surface area contributed by atoms with Crippen LogP contribution in [0.15, 0.2) is 6.07 Å². The third kappa shape index (κ3) is 2.26. The highest BCUT2D eigenvalue weighted by molar-refractivity contribution is 6.33. The van der Waals surface area contributed by atoms with Gasteiger partial charge in [0, 0.05) is 12.7 Å². The molecule has 76 valence electrons. The molecule has 2 heterocycles. The number of nitrogens with one attached hydrogen (secondary N) is 1. The highest BCUT2D eigenvalue weighted by Crippen LogP contribution is 2.23. The zero-order chi connectivity index (χ0) is 9.97. The van der Waals surface area contributed by atoms with Crippen LogP contribution in [0, 0.1) is 0 Å². The molecule has 1 atom stereocenters. The van der Waals surface area contributed by atoms with Gasteiger partial charge in [-0.1, -0.05) is 23.2 Å². The van der Waals surface area contributed by atoms with Gasteiger partial charge in [-0.3, -0.25) is 0 Å². The van der Waals surface area contributed by atoms with Crippen molar-refractivity contribution < 1.29 is 4.74 Å². The smallest absolute Gasteiger partial charge is 0.174 e. The van der Waals surface area contributed by atoms with Gasteiger partial charge in [0.15, 0.2) is 10.3 Å². The Balaban J connectivity index is 2.10. The van der Waals surface area contributed by atoms with Gasteiger partial charge in [0.05, 0.1) is 18.3 Å². The summed E-state index contributed by atoms with van der Waals surface area (Å²) in [5, 5.41) is 11.2. The minimum absolute atomic E-state index is 0.285. The van der Waals surface area contributed by atoms with Gasteiger partial charge in [-0.05, 0) is 6.42 Å². The van der Waals surface area contributed by atoms with E-state index in [1.54, 1.807) is 6.07 Å². The Morgan fingerprint density at radius 2 is 2.29 bits per heavy atom. The molecule has 1 aromatic heterocycles. The number of nitrogens with zero attached hydrogens (tertiary/aromatic N) is 2. The van der Waals surface area contributed by atoms with Crippen molar-refractivity contribution >= 4 is 28.9 Å². The molecule has 0 spiro atoms. The van der Waals surface area contributed by atoms with Gasteiger partial charge in [-0.2, -0.15) is 0 Å². The first-order chi connectivity index (χ1) is 6.75. The van der Waals surface area contributed by atoms with Crippen LogP contribution in [0.5, 0.6) is 0 Å². The normalized spacial score (nSPS) is 21.1. The highest BCUT2D eigenvalue weighted by Gasteiger charge is 2.16. The van der Waals surface area contributed by atoms with Crippen LogP contribution >= 0.6 is 23.2 Å². The Labute approximate surface area is 91.6 Å². The standard InChI is InChI=1S/C8H9Cl2N3O/c9-7-3-6(8(10)13-12-7)11-5-1-2-14-4-5/h3,5H,1-2,4H2,(H,11,12). The maximum Gasteiger partial charge on any atom is 0.174 e. The lowest BCUT2D eigenvalue weighted by molar-refractivity contribution is 0.195. The highest BCUT2D eigenvalue weighted by atomic mass is 35.5. The van der Waals surface area contributed by atoms with E-state index in [1.165, 1.54) is 0 Å². The van der Waals surface area contributed by atoms with Crippen molar-refractivity contribution in [3.05, 3.63) is 16.4 Å². The fraction of sp³-hybridized carbons (Fsp3) is 0.500. The molecule has 1 aliphatic heterocycles. The number of aromatic nitrogens is 2. The maximum atomic E-state index is 5.84. The van der Waals surface area contributed by atoms with E-state index in [9.17, 15) is 0 Å². The summed E-state index contributed by atoms with van der Waals surface area (Å²) >= 11 is 11.5. The molecule has 1 unspecified atom stereocenters. The summed E-state index contributed by atoms with van der Waals surface area (Å²) in [5.41, 5.74) is 0.710. The molecular formula is C8H9Cl2N3O. The third-order valence-corrected chi connectivity index (χ3v) is 2.47. The average molecular weight is 234 g/mol. The molecule has 4 nitrogen and oxygen atoms in total. The summed E-state index contributed by atoms with van der Waals surface area (Å²) < 4.78 is 5.22. The van der Waals surface area contributed by atoms with E-state index in [-0.39, 0.29) is 6.04 Å². The summed E-state index contributed by atoms with van der Waals surface area (Å²) in [6.07, 6.45) is 0.969. The first kappa shape index (κ1) is 9.96. The molecule has 1 N–H and O–H groups in total. The summed E-state index contributed by atoms with van der Waals surface area (Å²) in [5.74, 6) is 0. The molecule has 0 aromatic carbocycles. The number of anilines is 1. The zero-order valence-electron chi connectivity index (χ0n) is 7.33. The van der Waals surface area contributed by atoms with E-state index in [1.807, 2.05) is 0 Å². The summed E-state index contributed by atoms with van der Waals surface area (Å²) in [4.78, 5) is 0. The fourth-order valence-electron chi connectivity index (χ4n) is 1.32. The van der Waals surface area contributed by atoms with E-state index in [4.69, 9.17) is 27.9 Å². The Morgan fingerprint density at radius 1 is 1.43 bits per heavy atom. The molecule has 1 saturated heterocycles. The molecule has 0 radical (unpaired) electrons. The molecule has 0 bridgehead atoms. The first-order valence-electron chi connectivity index (χ1n) is 4.29. The first-order valence-corrected chi connectivity index (χ1v) is 5.04. The molecule has 1 aromatic rings. The predicted molar refractivity (Wildman–Crippen MR) is 54.9 cm³/mol. The van der Waals surface area contributed by atoms with E-state index in [2.05, 4.69) is 15.5 Å². The van der Waals surface area contributed by atoms with Gasteiger partial charge >= 0.3 is 0 Å². The van der Waals surface area contributed by atoms with Crippen LogP contribution in [0.25, 0.3) is 0 Å². The lowest BCUT2D eigenvalue weighted by Gasteiger charge is -2.12. The number of halogens is 2. The molecule has 1 fully saturated rings. The monoisotopic (exact) mass is 233 g/mol. The Kier molecular flexibility index (Phi) is 3.05. The second-order valence-electron chi connectivity index (χ2n) is 3.08. The Morgan fingerprint density at radius 3 is 3.00 bits per heavy atom. The fourth-order valence-corrected chi connectivity index (χ4v) is 1.62. The summed E-state index contributed by atoms with van der Waals surface area (Å²) in [6, 6.07) is 1.95. The van der Waals surface area contributed by atoms with Crippen LogP contribution in [0.2, 0.25) is 10.3 Å². The largest absolute Gasteiger partial charge is 0.379 e. The van der Waals surface area contributed by atoms with Crippen molar-refractivity contribution in [3.63, 3.8) is 0 Å². The second kappa shape index (κ2) is 4.29. The van der Waals surface area contributed by atoms with Crippen LogP contribution in [-0.4, -0.2) is 29.5 Å². The molecule has 2 rings (SSSR count). The minimum Gasteiger partial charge on any atom is -0.379 e. The number of hydrogen-bond acceptors (Lipinski definition) is 4. The van der Waals surface area contributed by atoms with Crippen molar-refractivity contribution in [2.75, 3.05) is 18.5 Å². The molecule has 6 heteroatoms. The Hall–Kier alpha value is -0.580. The number of hydrogen-bond donors (Lipinski definition) is 1. The quantitative estimate of drug-likeness (QED) is 0.849. The Bertz CT molecular complexity index is 328. The van der Waals surface area contributed by atoms with Gasteiger partial charge in [0.25, 0.3) is 0 Å². The van der Waals surface area contributed by atoms with Gasteiger partial charge in [-0.25, -0.2) is 0 Å². The van der Waals surface area contributed by atoms with E-state index in [0.29, 0.717) is 22.6 Å². The van der Waals surface area contributed by atoms with Crippen molar-refractivity contribution in [2.24, 2.45) is 0 Å². The molecule has 1 aliphatic rings. The summed E-state index contributed by atoms with van der Waals surface area (Å²) in [7, 11) is 0. The van der Waals surface area contributed by atoms with Gasteiger partial charge < -0.3 is 10.1 Å². The van der Waals surface area contributed by atoms with E-state index < -0.39 is 0 Å². The van der Waals surface area contributed by atoms with Crippen LogP contribution in [-0.2, 0) is 4.74 Å². The molecule has 0 amide bonds. The molecule has 14 heavy (non-hydrogen) atoms. The SMILES string of the molecule is Clc1cc(NC2CCOC2)c(Cl)nn1. The predicted octanol–water partition coefficient (Wildman–Crippen LogP) is 1.98. The van der Waals surface area contributed by atoms with Gasteiger partial charge in [-0.15, -0.1) is 10.2 Å². The topological polar surface area (TPSA) is 47.0 Å². The van der Waals surface area contributed by atoms with Crippen LogP contribution in [0.1, 0.15) is 6.42 Å². The van der Waals surface area contributed by atoms with Crippen molar-refractivity contribution in [1.82, 2.24) is 10.2 Å². The van der Waals surface area contributed by atoms with Crippen LogP contribution < -0.4 is 5.32 Å². The van der Waals surface area contributed by atoms with Crippen LogP contribution in [0.3, 0.4) is 0 Å². The molecule has 0 aliphatic carbocycles. The summed E-state index contributed by atoms with van der Waals surface area (Å²) in [6.45, 7) is 1.47. The number of rotatable bonds is 2. The van der Waals surface area contributed by atoms with Crippen molar-refractivity contribution in [2.45, 2.75) is 12.5 Å². The van der Waals surface area contributed by atoms with Crippen LogP contribution in [0.4, 0.5) is 5.69 Å². The van der Waals surface area contributed by atoms with E-state index >= 15 is 0 Å². The molecular weight excluding hydrogens is 225 g/mol. The van der Waals surface area contributed by atoms with E-state index in [0.717, 1.165) is 13.0 Å². The van der Waals surface area contributed by atoms with Gasteiger partial charge in [0.1, 0.15) is 0 Å². The maximum absolute atomic E-state index is 5.84. The zero-order valence-corrected chi connectivity index (χ0v) is 8.85. The van der Waals surface area contributed by atoms with Gasteiger partial charge in [0.2, 0.25) is 0 Å². The third-order valence-electron chi connectivity index (χ3n) is 2.01. The van der Waals surface area contributed by atoms with Crippen molar-refractivity contribution in [1.29, 1.82) is 0 Å². The average Bonchev–Trinajstić information content (AvgIpc) is 2.64. The lowest BCUT2D eigenvalue weighted by Crippen LogP contribution is -2.19. The molecule has 0 saturated carbocycles. The lowest BCUT2D eigenvalue weighted by atomic mass is 10.2. The van der Waals surface area contributed by atoms with Crippen molar-refractivity contribution in [3.8, 4) is 0 Å². The minimum atomic E-state index is 0.285.